The Morgan fingerprint density at radius 1 is 0.696 bits per heavy atom. The van der Waals surface area contributed by atoms with Gasteiger partial charge in [-0.3, -0.25) is 4.98 Å². The molecule has 2 aromatic carbocycles. The number of fused-ring (bicyclic) bond motifs is 3. The van der Waals surface area contributed by atoms with Gasteiger partial charge in [-0.2, -0.15) is 0 Å². The summed E-state index contributed by atoms with van der Waals surface area (Å²) in [5.41, 5.74) is 6.38. The molecule has 0 aliphatic rings. The highest BCUT2D eigenvalue weighted by atomic mass is 14.9. The Bertz CT molecular complexity index is 1090. The van der Waals surface area contributed by atoms with Crippen molar-refractivity contribution in [2.75, 3.05) is 0 Å². The molecule has 5 heteroatoms. The van der Waals surface area contributed by atoms with Crippen LogP contribution in [0.5, 0.6) is 0 Å². The van der Waals surface area contributed by atoms with Crippen molar-refractivity contribution in [2.45, 2.75) is 0 Å². The molecule has 0 unspecified atom stereocenters. The van der Waals surface area contributed by atoms with Crippen LogP contribution in [0.15, 0.2) is 60.9 Å². The summed E-state index contributed by atoms with van der Waals surface area (Å²) in [6.45, 7) is 0. The monoisotopic (exact) mass is 297 g/mol. The highest BCUT2D eigenvalue weighted by molar-refractivity contribution is 5.95. The molecule has 5 aromatic rings. The highest BCUT2D eigenvalue weighted by Crippen LogP contribution is 2.24. The predicted molar refractivity (Wildman–Crippen MR) is 89.9 cm³/mol. The first kappa shape index (κ1) is 12.2. The van der Waals surface area contributed by atoms with Crippen LogP contribution in [-0.2, 0) is 0 Å². The zero-order valence-electron chi connectivity index (χ0n) is 12.1. The fourth-order valence-corrected chi connectivity index (χ4v) is 2.77. The molecule has 0 saturated carbocycles. The number of aromatic amines is 1. The molecule has 5 nitrogen and oxygen atoms in total. The maximum atomic E-state index is 4.70. The van der Waals surface area contributed by atoms with E-state index in [0.29, 0.717) is 5.82 Å². The zero-order chi connectivity index (χ0) is 15.2. The third kappa shape index (κ3) is 1.94. The molecule has 0 atom stereocenters. The van der Waals surface area contributed by atoms with Gasteiger partial charge in [0.2, 0.25) is 0 Å². The Hall–Kier alpha value is -3.34. The molecule has 3 heterocycles. The predicted octanol–water partition coefficient (Wildman–Crippen LogP) is 3.72. The molecule has 3 aromatic heterocycles. The molecular formula is C18H11N5. The number of H-pyrrole nitrogens is 1. The number of rotatable bonds is 1. The van der Waals surface area contributed by atoms with Gasteiger partial charge >= 0.3 is 0 Å². The molecule has 0 radical (unpaired) electrons. The molecule has 0 fully saturated rings. The molecule has 5 rings (SSSR count). The minimum atomic E-state index is 0.688. The number of nitrogens with zero attached hydrogens (tertiary/aromatic N) is 4. The molecule has 0 amide bonds. The van der Waals surface area contributed by atoms with Gasteiger partial charge in [0.1, 0.15) is 0 Å². The van der Waals surface area contributed by atoms with Crippen molar-refractivity contribution in [1.82, 2.24) is 24.9 Å². The summed E-state index contributed by atoms with van der Waals surface area (Å²) < 4.78 is 0. The fourth-order valence-electron chi connectivity index (χ4n) is 2.77. The second-order valence-electron chi connectivity index (χ2n) is 5.40. The number of benzene rings is 2. The van der Waals surface area contributed by atoms with Gasteiger partial charge in [0.25, 0.3) is 0 Å². The molecule has 0 saturated heterocycles. The summed E-state index contributed by atoms with van der Waals surface area (Å²) in [5.74, 6) is 0.688. The maximum absolute atomic E-state index is 4.70. The molecule has 108 valence electrons. The van der Waals surface area contributed by atoms with Crippen molar-refractivity contribution in [1.29, 1.82) is 0 Å². The number of nitrogens with one attached hydrogen (secondary N) is 1. The molecule has 0 spiro atoms. The number of aromatic nitrogens is 5. The number of para-hydroxylation sites is 2. The average molecular weight is 297 g/mol. The number of hydrogen-bond donors (Lipinski definition) is 1. The molecule has 0 aliphatic heterocycles. The van der Waals surface area contributed by atoms with Gasteiger partial charge in [0, 0.05) is 18.0 Å². The van der Waals surface area contributed by atoms with E-state index in [1.165, 1.54) is 0 Å². The summed E-state index contributed by atoms with van der Waals surface area (Å²) in [6, 6.07) is 15.8. The topological polar surface area (TPSA) is 67.3 Å². The van der Waals surface area contributed by atoms with Crippen LogP contribution in [0.1, 0.15) is 0 Å². The smallest absolute Gasteiger partial charge is 0.162 e. The Labute approximate surface area is 131 Å². The number of hydrogen-bond acceptors (Lipinski definition) is 4. The van der Waals surface area contributed by atoms with E-state index < -0.39 is 0 Å². The Kier molecular flexibility index (Phi) is 2.43. The number of pyridine rings is 1. The van der Waals surface area contributed by atoms with E-state index in [1.54, 1.807) is 12.4 Å². The first-order valence-electron chi connectivity index (χ1n) is 7.33. The van der Waals surface area contributed by atoms with Gasteiger partial charge in [-0.1, -0.05) is 12.1 Å². The second kappa shape index (κ2) is 4.58. The quantitative estimate of drug-likeness (QED) is 0.479. The summed E-state index contributed by atoms with van der Waals surface area (Å²) >= 11 is 0. The molecule has 0 bridgehead atoms. The van der Waals surface area contributed by atoms with Crippen molar-refractivity contribution in [3.8, 4) is 11.4 Å². The normalized spacial score (nSPS) is 11.5. The van der Waals surface area contributed by atoms with Gasteiger partial charge in [-0.15, -0.1) is 0 Å². The van der Waals surface area contributed by atoms with E-state index in [1.807, 2.05) is 48.5 Å². The van der Waals surface area contributed by atoms with Crippen LogP contribution in [0.3, 0.4) is 0 Å². The van der Waals surface area contributed by atoms with Gasteiger partial charge in [-0.05, 0) is 36.4 Å². The largest absolute Gasteiger partial charge is 0.352 e. The molecule has 0 aliphatic carbocycles. The third-order valence-electron chi connectivity index (χ3n) is 3.88. The van der Waals surface area contributed by atoms with Crippen molar-refractivity contribution in [2.24, 2.45) is 0 Å². The first-order valence-corrected chi connectivity index (χ1v) is 7.33. The van der Waals surface area contributed by atoms with Crippen molar-refractivity contribution in [3.05, 3.63) is 60.9 Å². The lowest BCUT2D eigenvalue weighted by Gasteiger charge is -2.01. The van der Waals surface area contributed by atoms with Crippen LogP contribution in [0.4, 0.5) is 0 Å². The minimum Gasteiger partial charge on any atom is -0.352 e. The van der Waals surface area contributed by atoms with E-state index in [0.717, 1.165) is 38.7 Å². The van der Waals surface area contributed by atoms with Crippen LogP contribution in [-0.4, -0.2) is 24.9 Å². The van der Waals surface area contributed by atoms with Crippen molar-refractivity contribution >= 4 is 33.1 Å². The van der Waals surface area contributed by atoms with Crippen LogP contribution < -0.4 is 0 Å². The molecular weight excluding hydrogens is 286 g/mol. The Morgan fingerprint density at radius 2 is 1.57 bits per heavy atom. The zero-order valence-corrected chi connectivity index (χ0v) is 12.1. The summed E-state index contributed by atoms with van der Waals surface area (Å²) in [6.07, 6.45) is 3.51. The van der Waals surface area contributed by atoms with E-state index in [2.05, 4.69) is 19.9 Å². The minimum absolute atomic E-state index is 0.688. The van der Waals surface area contributed by atoms with Crippen LogP contribution in [0.2, 0.25) is 0 Å². The maximum Gasteiger partial charge on any atom is 0.162 e. The van der Waals surface area contributed by atoms with Gasteiger partial charge < -0.3 is 4.98 Å². The lowest BCUT2D eigenvalue weighted by atomic mass is 10.2. The third-order valence-corrected chi connectivity index (χ3v) is 3.88. The molecule has 23 heavy (non-hydrogen) atoms. The first-order chi connectivity index (χ1) is 11.4. The van der Waals surface area contributed by atoms with Crippen molar-refractivity contribution in [3.63, 3.8) is 0 Å². The highest BCUT2D eigenvalue weighted by Gasteiger charge is 2.09. The van der Waals surface area contributed by atoms with E-state index in [9.17, 15) is 0 Å². The van der Waals surface area contributed by atoms with E-state index in [-0.39, 0.29) is 0 Å². The summed E-state index contributed by atoms with van der Waals surface area (Å²) in [4.78, 5) is 21.5. The summed E-state index contributed by atoms with van der Waals surface area (Å²) in [5, 5.41) is 0. The SMILES string of the molecule is c1cncc(-c2nc3cc4nc5ccccc5[nH]c4cc3n2)c1. The standard InChI is InChI=1S/C18H11N5/c1-2-6-13-12(5-1)20-14-8-16-17(9-15(14)21-13)23-18(22-16)11-4-3-7-19-10-11/h1-10,20H. The van der Waals surface area contributed by atoms with E-state index >= 15 is 0 Å². The van der Waals surface area contributed by atoms with E-state index in [4.69, 9.17) is 4.98 Å². The lowest BCUT2D eigenvalue weighted by molar-refractivity contribution is 1.27. The van der Waals surface area contributed by atoms with Crippen LogP contribution in [0, 0.1) is 0 Å². The van der Waals surface area contributed by atoms with Gasteiger partial charge in [-0.25, -0.2) is 15.0 Å². The Morgan fingerprint density at radius 3 is 2.43 bits per heavy atom. The second-order valence-corrected chi connectivity index (χ2v) is 5.40. The Balaban J connectivity index is 1.79. The fraction of sp³-hybridized carbons (Fsp3) is 0. The molecule has 1 N–H and O–H groups in total. The number of imidazole rings is 1. The summed E-state index contributed by atoms with van der Waals surface area (Å²) in [7, 11) is 0. The van der Waals surface area contributed by atoms with Gasteiger partial charge in [0.15, 0.2) is 5.82 Å². The van der Waals surface area contributed by atoms with Crippen LogP contribution in [0.25, 0.3) is 44.5 Å². The van der Waals surface area contributed by atoms with Crippen molar-refractivity contribution < 1.29 is 0 Å². The van der Waals surface area contributed by atoms with Gasteiger partial charge in [0.05, 0.1) is 33.1 Å². The van der Waals surface area contributed by atoms with Crippen LogP contribution >= 0.6 is 0 Å². The lowest BCUT2D eigenvalue weighted by Crippen LogP contribution is -1.87. The average Bonchev–Trinajstić information content (AvgIpc) is 3.01.